The molecule has 0 spiro atoms. The van der Waals surface area contributed by atoms with Crippen molar-refractivity contribution in [3.63, 3.8) is 0 Å². The van der Waals surface area contributed by atoms with E-state index >= 15 is 0 Å². The smallest absolute Gasteiger partial charge is 0.267 e. The topological polar surface area (TPSA) is 89.2 Å². The zero-order valence-electron chi connectivity index (χ0n) is 14.6. The van der Waals surface area contributed by atoms with Crippen molar-refractivity contribution in [2.45, 2.75) is 26.8 Å². The van der Waals surface area contributed by atoms with E-state index in [-0.39, 0.29) is 11.3 Å². The maximum Gasteiger partial charge on any atom is 0.292 e. The number of hydrogen-bond donors (Lipinski definition) is 1. The molecule has 0 saturated carbocycles. The number of nitrogens with one attached hydrogen (secondary N) is 1. The Bertz CT molecular complexity index is 1030. The minimum absolute atomic E-state index is 0.180. The fourth-order valence-corrected chi connectivity index (χ4v) is 2.61. The minimum Gasteiger partial charge on any atom is -0.267 e. The summed E-state index contributed by atoms with van der Waals surface area (Å²) in [6.07, 6.45) is 4.06. The Kier molecular flexibility index (Phi) is 5.17. The molecule has 0 aliphatic carbocycles. The van der Waals surface area contributed by atoms with Crippen molar-refractivity contribution in [3.8, 4) is 0 Å². The van der Waals surface area contributed by atoms with Crippen LogP contribution in [-0.2, 0) is 6.54 Å². The van der Waals surface area contributed by atoms with Gasteiger partial charge in [0.05, 0.1) is 11.1 Å². The van der Waals surface area contributed by atoms with Gasteiger partial charge in [-0.3, -0.25) is 14.6 Å². The molecule has 0 bridgehead atoms. The molecule has 3 aromatic rings. The van der Waals surface area contributed by atoms with E-state index in [1.807, 2.05) is 6.92 Å². The molecular weight excluding hydrogens is 330 g/mol. The average Bonchev–Trinajstić information content (AvgIpc) is 2.69. The lowest BCUT2D eigenvalue weighted by Gasteiger charge is -2.09. The normalized spacial score (nSPS) is 11.5. The van der Waals surface area contributed by atoms with Crippen molar-refractivity contribution in [2.24, 2.45) is 5.10 Å². The number of nitrogens with zero attached hydrogens (tertiary/aromatic N) is 4. The van der Waals surface area contributed by atoms with Crippen LogP contribution in [0.2, 0.25) is 0 Å². The second-order valence-electron chi connectivity index (χ2n) is 5.80. The van der Waals surface area contributed by atoms with Gasteiger partial charge in [0.15, 0.2) is 5.69 Å². The van der Waals surface area contributed by atoms with E-state index in [1.165, 1.54) is 4.68 Å². The van der Waals surface area contributed by atoms with Crippen LogP contribution in [0, 0.1) is 0 Å². The molecule has 132 valence electrons. The molecule has 0 atom stereocenters. The molecule has 1 amide bonds. The lowest BCUT2D eigenvalue weighted by Crippen LogP contribution is -2.29. The SMILES string of the molecule is CCCn1nc(C(=O)N/N=C(\C)c2ccncc2)c2ccccc2c1=O. The standard InChI is InChI=1S/C19H19N5O2/c1-3-12-24-19(26)16-7-5-4-6-15(16)17(23-24)18(25)22-21-13(2)14-8-10-20-11-9-14/h4-11H,3,12H2,1-2H3,(H,22,25)/b21-13+. The molecule has 0 saturated heterocycles. The van der Waals surface area contributed by atoms with Crippen molar-refractivity contribution in [1.29, 1.82) is 0 Å². The van der Waals surface area contributed by atoms with Crippen LogP contribution in [0.25, 0.3) is 10.8 Å². The van der Waals surface area contributed by atoms with E-state index in [2.05, 4.69) is 20.6 Å². The molecule has 26 heavy (non-hydrogen) atoms. The van der Waals surface area contributed by atoms with Crippen LogP contribution < -0.4 is 11.0 Å². The Balaban J connectivity index is 1.98. The largest absolute Gasteiger partial charge is 0.292 e. The molecule has 7 nitrogen and oxygen atoms in total. The molecule has 0 aliphatic rings. The molecule has 1 N–H and O–H groups in total. The van der Waals surface area contributed by atoms with Gasteiger partial charge >= 0.3 is 0 Å². The van der Waals surface area contributed by atoms with Crippen molar-refractivity contribution < 1.29 is 4.79 Å². The first kappa shape index (κ1) is 17.5. The van der Waals surface area contributed by atoms with Gasteiger partial charge in [-0.25, -0.2) is 10.1 Å². The zero-order chi connectivity index (χ0) is 18.5. The van der Waals surface area contributed by atoms with E-state index in [1.54, 1.807) is 55.7 Å². The fraction of sp³-hybridized carbons (Fsp3) is 0.211. The van der Waals surface area contributed by atoms with Gasteiger partial charge in [0.25, 0.3) is 11.5 Å². The highest BCUT2D eigenvalue weighted by atomic mass is 16.2. The Morgan fingerprint density at radius 2 is 1.85 bits per heavy atom. The fourth-order valence-electron chi connectivity index (χ4n) is 2.61. The first-order valence-electron chi connectivity index (χ1n) is 8.36. The number of rotatable bonds is 5. The van der Waals surface area contributed by atoms with E-state index in [9.17, 15) is 9.59 Å². The van der Waals surface area contributed by atoms with Gasteiger partial charge in [-0.05, 0) is 31.5 Å². The number of aryl methyl sites for hydroxylation is 1. The van der Waals surface area contributed by atoms with Gasteiger partial charge in [0.2, 0.25) is 0 Å². The van der Waals surface area contributed by atoms with Crippen molar-refractivity contribution >= 4 is 22.4 Å². The van der Waals surface area contributed by atoms with Gasteiger partial charge in [-0.15, -0.1) is 0 Å². The van der Waals surface area contributed by atoms with Gasteiger partial charge in [0.1, 0.15) is 0 Å². The summed E-state index contributed by atoms with van der Waals surface area (Å²) in [5.74, 6) is -0.459. The van der Waals surface area contributed by atoms with Gasteiger partial charge in [-0.2, -0.15) is 10.2 Å². The van der Waals surface area contributed by atoms with Crippen LogP contribution in [-0.4, -0.2) is 26.4 Å². The number of hydrazone groups is 1. The monoisotopic (exact) mass is 349 g/mol. The van der Waals surface area contributed by atoms with E-state index < -0.39 is 5.91 Å². The van der Waals surface area contributed by atoms with Crippen LogP contribution >= 0.6 is 0 Å². The van der Waals surface area contributed by atoms with Crippen molar-refractivity contribution in [2.75, 3.05) is 0 Å². The number of fused-ring (bicyclic) bond motifs is 1. The summed E-state index contributed by atoms with van der Waals surface area (Å²) in [5, 5.41) is 9.37. The minimum atomic E-state index is -0.459. The second-order valence-corrected chi connectivity index (χ2v) is 5.80. The number of pyridine rings is 1. The molecule has 3 rings (SSSR count). The third-order valence-electron chi connectivity index (χ3n) is 3.94. The van der Waals surface area contributed by atoms with E-state index in [0.29, 0.717) is 23.0 Å². The number of amides is 1. The molecule has 7 heteroatoms. The Labute approximate surface area is 150 Å². The number of hydrogen-bond acceptors (Lipinski definition) is 5. The molecule has 2 aromatic heterocycles. The maximum atomic E-state index is 12.7. The molecule has 0 radical (unpaired) electrons. The van der Waals surface area contributed by atoms with Crippen LogP contribution in [0.15, 0.2) is 58.7 Å². The third kappa shape index (κ3) is 3.51. The maximum absolute atomic E-state index is 12.7. The molecule has 1 aromatic carbocycles. The lowest BCUT2D eigenvalue weighted by atomic mass is 10.1. The lowest BCUT2D eigenvalue weighted by molar-refractivity contribution is 0.0949. The van der Waals surface area contributed by atoms with Gasteiger partial charge in [-0.1, -0.05) is 25.1 Å². The molecular formula is C19H19N5O2. The molecule has 0 aliphatic heterocycles. The van der Waals surface area contributed by atoms with Gasteiger partial charge < -0.3 is 0 Å². The highest BCUT2D eigenvalue weighted by molar-refractivity contribution is 6.06. The highest BCUT2D eigenvalue weighted by Crippen LogP contribution is 2.13. The highest BCUT2D eigenvalue weighted by Gasteiger charge is 2.16. The van der Waals surface area contributed by atoms with Crippen LogP contribution in [0.4, 0.5) is 0 Å². The summed E-state index contributed by atoms with van der Waals surface area (Å²) in [7, 11) is 0. The van der Waals surface area contributed by atoms with Crippen LogP contribution in [0.1, 0.15) is 36.3 Å². The van der Waals surface area contributed by atoms with E-state index in [4.69, 9.17) is 0 Å². The molecule has 2 heterocycles. The number of carbonyl (C=O) groups is 1. The Hall–Kier alpha value is -3.35. The second kappa shape index (κ2) is 7.69. The summed E-state index contributed by atoms with van der Waals surface area (Å²) in [6.45, 7) is 4.19. The van der Waals surface area contributed by atoms with Crippen LogP contribution in [0.5, 0.6) is 0 Å². The summed E-state index contributed by atoms with van der Waals surface area (Å²) in [5.41, 5.74) is 4.01. The van der Waals surface area contributed by atoms with E-state index in [0.717, 1.165) is 12.0 Å². The zero-order valence-corrected chi connectivity index (χ0v) is 14.6. The summed E-state index contributed by atoms with van der Waals surface area (Å²) in [6, 6.07) is 10.6. The first-order valence-corrected chi connectivity index (χ1v) is 8.36. The Morgan fingerprint density at radius 3 is 2.54 bits per heavy atom. The summed E-state index contributed by atoms with van der Waals surface area (Å²) < 4.78 is 1.33. The van der Waals surface area contributed by atoms with Crippen LogP contribution in [0.3, 0.4) is 0 Å². The van der Waals surface area contributed by atoms with Gasteiger partial charge in [0, 0.05) is 29.9 Å². The molecule has 0 fully saturated rings. The predicted octanol–water partition coefficient (Wildman–Crippen LogP) is 2.36. The first-order chi connectivity index (χ1) is 12.6. The number of benzene rings is 1. The number of carbonyl (C=O) groups excluding carboxylic acids is 1. The number of aromatic nitrogens is 3. The van der Waals surface area contributed by atoms with Crippen molar-refractivity contribution in [3.05, 3.63) is 70.4 Å². The predicted molar refractivity (Wildman–Crippen MR) is 100 cm³/mol. The quantitative estimate of drug-likeness (QED) is 0.566. The summed E-state index contributed by atoms with van der Waals surface area (Å²) >= 11 is 0. The third-order valence-corrected chi connectivity index (χ3v) is 3.94. The Morgan fingerprint density at radius 1 is 1.15 bits per heavy atom. The summed E-state index contributed by atoms with van der Waals surface area (Å²) in [4.78, 5) is 29.1. The molecule has 0 unspecified atom stereocenters. The van der Waals surface area contributed by atoms with Crippen molar-refractivity contribution in [1.82, 2.24) is 20.2 Å². The average molecular weight is 349 g/mol.